The molecule has 22 heavy (non-hydrogen) atoms. The third-order valence-corrected chi connectivity index (χ3v) is 4.32. The van der Waals surface area contributed by atoms with Crippen LogP contribution in [0.5, 0.6) is 0 Å². The van der Waals surface area contributed by atoms with Crippen LogP contribution in [0.25, 0.3) is 10.5 Å². The number of hydrogen-bond acceptors (Lipinski definition) is 4. The first-order valence-electron chi connectivity index (χ1n) is 6.19. The van der Waals surface area contributed by atoms with Crippen LogP contribution in [0.15, 0.2) is 53.9 Å². The maximum Gasteiger partial charge on any atom is 0.260 e. The first kappa shape index (κ1) is 15.4. The second kappa shape index (κ2) is 5.79. The number of sulfonamides is 1. The van der Waals surface area contributed by atoms with Gasteiger partial charge in [-0.3, -0.25) is 4.72 Å². The van der Waals surface area contributed by atoms with Gasteiger partial charge in [-0.25, -0.2) is 13.3 Å². The van der Waals surface area contributed by atoms with Crippen molar-refractivity contribution in [2.24, 2.45) is 5.73 Å². The van der Waals surface area contributed by atoms with Gasteiger partial charge in [0.1, 0.15) is 0 Å². The van der Waals surface area contributed by atoms with Crippen LogP contribution in [0, 0.1) is 6.57 Å². The summed E-state index contributed by atoms with van der Waals surface area (Å²) in [6, 6.07) is 10.5. The Morgan fingerprint density at radius 1 is 1.23 bits per heavy atom. The Kier molecular flexibility index (Phi) is 4.06. The maximum atomic E-state index is 12.4. The Morgan fingerprint density at radius 2 is 1.91 bits per heavy atom. The monoisotopic (exact) mass is 314 g/mol. The molecule has 0 saturated carbocycles. The van der Waals surface area contributed by atoms with E-state index in [1.807, 2.05) is 0 Å². The molecule has 0 radical (unpaired) electrons. The van der Waals surface area contributed by atoms with Crippen LogP contribution in [-0.2, 0) is 10.0 Å². The number of hydrogen-bond donors (Lipinski definition) is 3. The number of anilines is 2. The van der Waals surface area contributed by atoms with Gasteiger partial charge in [0.05, 0.1) is 22.8 Å². The molecule has 2 rings (SSSR count). The van der Waals surface area contributed by atoms with Crippen LogP contribution in [0.4, 0.5) is 17.1 Å². The fourth-order valence-corrected chi connectivity index (χ4v) is 2.98. The van der Waals surface area contributed by atoms with Crippen LogP contribution in [0.1, 0.15) is 5.56 Å². The van der Waals surface area contributed by atoms with Gasteiger partial charge in [-0.2, -0.15) is 0 Å². The Balaban J connectivity index is 2.44. The number of benzene rings is 2. The van der Waals surface area contributed by atoms with Crippen molar-refractivity contribution < 1.29 is 8.42 Å². The Bertz CT molecular complexity index is 883. The Hall–Kier alpha value is -2.98. The van der Waals surface area contributed by atoms with Crippen molar-refractivity contribution in [1.82, 2.24) is 0 Å². The number of nitrogens with one attached hydrogen (secondary N) is 1. The molecule has 2 aromatic rings. The van der Waals surface area contributed by atoms with E-state index < -0.39 is 10.0 Å². The van der Waals surface area contributed by atoms with Gasteiger partial charge in [0, 0.05) is 11.3 Å². The largest absolute Gasteiger partial charge is 0.399 e. The van der Waals surface area contributed by atoms with Gasteiger partial charge < -0.3 is 11.5 Å². The van der Waals surface area contributed by atoms with E-state index in [0.717, 1.165) is 0 Å². The minimum atomic E-state index is -3.85. The van der Waals surface area contributed by atoms with Gasteiger partial charge in [0.15, 0.2) is 5.69 Å². The molecule has 0 fully saturated rings. The summed E-state index contributed by atoms with van der Waals surface area (Å²) in [4.78, 5) is 3.20. The van der Waals surface area contributed by atoms with Crippen LogP contribution < -0.4 is 16.2 Å². The smallest absolute Gasteiger partial charge is 0.260 e. The molecule has 0 aliphatic rings. The standard InChI is InChI=1S/C15H14N4O2S/c1-10(16)13-7-4-8-14(15(13)17)19-22(20,21)12-6-3-5-11(9-12)18-2/h3-9,19H,1,16-17H2. The molecule has 5 N–H and O–H groups in total. The predicted molar refractivity (Wildman–Crippen MR) is 87.6 cm³/mol. The van der Waals surface area contributed by atoms with Crippen molar-refractivity contribution >= 4 is 32.8 Å². The lowest BCUT2D eigenvalue weighted by molar-refractivity contribution is 0.601. The summed E-state index contributed by atoms with van der Waals surface area (Å²) in [6.45, 7) is 10.5. The zero-order valence-corrected chi connectivity index (χ0v) is 12.4. The molecule has 0 spiro atoms. The van der Waals surface area contributed by atoms with E-state index in [1.54, 1.807) is 12.1 Å². The van der Waals surface area contributed by atoms with Gasteiger partial charge in [0.25, 0.3) is 10.0 Å². The summed E-state index contributed by atoms with van der Waals surface area (Å²) in [5.41, 5.74) is 12.9. The minimum absolute atomic E-state index is 0.0163. The molecule has 0 aliphatic heterocycles. The van der Waals surface area contributed by atoms with E-state index in [-0.39, 0.29) is 27.7 Å². The summed E-state index contributed by atoms with van der Waals surface area (Å²) >= 11 is 0. The van der Waals surface area contributed by atoms with Crippen molar-refractivity contribution in [2.45, 2.75) is 4.90 Å². The fourth-order valence-electron chi connectivity index (χ4n) is 1.86. The summed E-state index contributed by atoms with van der Waals surface area (Å²) in [5.74, 6) is 0. The van der Waals surface area contributed by atoms with Crippen molar-refractivity contribution in [1.29, 1.82) is 0 Å². The van der Waals surface area contributed by atoms with Gasteiger partial charge in [0.2, 0.25) is 0 Å². The van der Waals surface area contributed by atoms with Gasteiger partial charge in [-0.1, -0.05) is 30.8 Å². The highest BCUT2D eigenvalue weighted by Crippen LogP contribution is 2.28. The van der Waals surface area contributed by atoms with Crippen LogP contribution in [0.3, 0.4) is 0 Å². The molecule has 2 aromatic carbocycles. The highest BCUT2D eigenvalue weighted by atomic mass is 32.2. The van der Waals surface area contributed by atoms with Crippen LogP contribution in [-0.4, -0.2) is 8.42 Å². The zero-order chi connectivity index (χ0) is 16.3. The predicted octanol–water partition coefficient (Wildman–Crippen LogP) is 2.55. The first-order valence-corrected chi connectivity index (χ1v) is 7.67. The fraction of sp³-hybridized carbons (Fsp3) is 0. The number of nitrogens with two attached hydrogens (primary N) is 2. The summed E-state index contributed by atoms with van der Waals surface area (Å²) in [6.07, 6.45) is 0. The Labute approximate surface area is 128 Å². The van der Waals surface area contributed by atoms with Crippen molar-refractivity contribution in [3.05, 3.63) is 66.0 Å². The molecule has 112 valence electrons. The van der Waals surface area contributed by atoms with E-state index in [2.05, 4.69) is 16.1 Å². The van der Waals surface area contributed by atoms with Gasteiger partial charge in [-0.15, -0.1) is 0 Å². The van der Waals surface area contributed by atoms with Crippen LogP contribution in [0.2, 0.25) is 0 Å². The topological polar surface area (TPSA) is 103 Å². The summed E-state index contributed by atoms with van der Waals surface area (Å²) < 4.78 is 27.2. The molecule has 0 bridgehead atoms. The van der Waals surface area contributed by atoms with E-state index in [0.29, 0.717) is 5.56 Å². The van der Waals surface area contributed by atoms with E-state index in [4.69, 9.17) is 18.0 Å². The molecule has 0 aromatic heterocycles. The SMILES string of the molecule is [C-]#[N+]c1cccc(S(=O)(=O)Nc2cccc(C(=C)N)c2N)c1. The normalized spacial score (nSPS) is 10.7. The minimum Gasteiger partial charge on any atom is -0.399 e. The molecule has 6 nitrogen and oxygen atoms in total. The average Bonchev–Trinajstić information content (AvgIpc) is 2.49. The third-order valence-electron chi connectivity index (χ3n) is 2.95. The van der Waals surface area contributed by atoms with E-state index in [1.165, 1.54) is 30.3 Å². The van der Waals surface area contributed by atoms with Crippen molar-refractivity contribution in [3.63, 3.8) is 0 Å². The molecule has 0 aliphatic carbocycles. The molecular weight excluding hydrogens is 300 g/mol. The third kappa shape index (κ3) is 3.02. The average molecular weight is 314 g/mol. The maximum absolute atomic E-state index is 12.4. The Morgan fingerprint density at radius 3 is 2.55 bits per heavy atom. The van der Waals surface area contributed by atoms with Gasteiger partial charge >= 0.3 is 0 Å². The molecule has 0 saturated heterocycles. The molecular formula is C15H14N4O2S. The van der Waals surface area contributed by atoms with E-state index in [9.17, 15) is 8.42 Å². The second-order valence-corrected chi connectivity index (χ2v) is 6.19. The highest BCUT2D eigenvalue weighted by molar-refractivity contribution is 7.92. The highest BCUT2D eigenvalue weighted by Gasteiger charge is 2.17. The molecule has 0 atom stereocenters. The number of para-hydroxylation sites is 1. The van der Waals surface area contributed by atoms with Crippen molar-refractivity contribution in [2.75, 3.05) is 10.5 Å². The van der Waals surface area contributed by atoms with Crippen molar-refractivity contribution in [3.8, 4) is 0 Å². The molecule has 0 unspecified atom stereocenters. The summed E-state index contributed by atoms with van der Waals surface area (Å²) in [5, 5.41) is 0. The first-order chi connectivity index (χ1) is 10.3. The van der Waals surface area contributed by atoms with E-state index >= 15 is 0 Å². The van der Waals surface area contributed by atoms with Crippen LogP contribution >= 0.6 is 0 Å². The second-order valence-electron chi connectivity index (χ2n) is 4.51. The quantitative estimate of drug-likeness (QED) is 0.596. The number of nitrogens with zero attached hydrogens (tertiary/aromatic N) is 1. The summed E-state index contributed by atoms with van der Waals surface area (Å²) in [7, 11) is -3.85. The lowest BCUT2D eigenvalue weighted by Crippen LogP contribution is -2.15. The number of nitrogen functional groups attached to an aromatic ring is 1. The number of rotatable bonds is 4. The van der Waals surface area contributed by atoms with Gasteiger partial charge in [-0.05, 0) is 18.2 Å². The zero-order valence-electron chi connectivity index (χ0n) is 11.6. The molecule has 0 heterocycles. The lowest BCUT2D eigenvalue weighted by atomic mass is 10.1. The molecule has 7 heteroatoms. The lowest BCUT2D eigenvalue weighted by Gasteiger charge is -2.13. The molecule has 0 amide bonds.